The Morgan fingerprint density at radius 1 is 1.44 bits per heavy atom. The average Bonchev–Trinajstić information content (AvgIpc) is 2.34. The molecular formula is C13H19BrFN3. The summed E-state index contributed by atoms with van der Waals surface area (Å²) >= 11 is 3.20. The van der Waals surface area contributed by atoms with Crippen LogP contribution >= 0.6 is 15.9 Å². The number of nitrogens with one attached hydrogen (secondary N) is 1. The van der Waals surface area contributed by atoms with Crippen molar-refractivity contribution >= 4 is 21.7 Å². The van der Waals surface area contributed by atoms with E-state index in [1.165, 1.54) is 25.3 Å². The number of pyridine rings is 1. The second-order valence-corrected chi connectivity index (χ2v) is 5.81. The van der Waals surface area contributed by atoms with Crippen LogP contribution in [0.2, 0.25) is 0 Å². The lowest BCUT2D eigenvalue weighted by Crippen LogP contribution is -2.38. The second-order valence-electron chi connectivity index (χ2n) is 4.89. The standard InChI is InChI=1S/C13H19BrFN3/c1-10(9-18-5-3-2-4-6-18)17-13-12(15)7-11(14)8-16-13/h7-8,10H,2-6,9H2,1H3,(H,16,17). The quantitative estimate of drug-likeness (QED) is 0.924. The van der Waals surface area contributed by atoms with Crippen molar-refractivity contribution in [2.75, 3.05) is 25.0 Å². The van der Waals surface area contributed by atoms with Crippen molar-refractivity contribution in [3.05, 3.63) is 22.6 Å². The molecule has 1 fully saturated rings. The number of halogens is 2. The van der Waals surface area contributed by atoms with Crippen LogP contribution in [-0.2, 0) is 0 Å². The highest BCUT2D eigenvalue weighted by Crippen LogP contribution is 2.17. The molecule has 1 aliphatic heterocycles. The lowest BCUT2D eigenvalue weighted by atomic mass is 10.1. The summed E-state index contributed by atoms with van der Waals surface area (Å²) in [5, 5.41) is 3.14. The van der Waals surface area contributed by atoms with Gasteiger partial charge in [-0.25, -0.2) is 9.37 Å². The average molecular weight is 316 g/mol. The maximum atomic E-state index is 13.6. The van der Waals surface area contributed by atoms with Gasteiger partial charge >= 0.3 is 0 Å². The largest absolute Gasteiger partial charge is 0.364 e. The zero-order valence-corrected chi connectivity index (χ0v) is 12.2. The molecule has 0 bridgehead atoms. The molecule has 1 aliphatic rings. The minimum Gasteiger partial charge on any atom is -0.364 e. The zero-order valence-electron chi connectivity index (χ0n) is 10.6. The molecule has 3 nitrogen and oxygen atoms in total. The lowest BCUT2D eigenvalue weighted by molar-refractivity contribution is 0.223. The third-order valence-corrected chi connectivity index (χ3v) is 3.61. The van der Waals surface area contributed by atoms with Gasteiger partial charge in [-0.1, -0.05) is 6.42 Å². The summed E-state index contributed by atoms with van der Waals surface area (Å²) in [4.78, 5) is 6.49. The molecule has 0 radical (unpaired) electrons. The fourth-order valence-electron chi connectivity index (χ4n) is 2.33. The van der Waals surface area contributed by atoms with Crippen molar-refractivity contribution in [1.82, 2.24) is 9.88 Å². The number of hydrogen-bond acceptors (Lipinski definition) is 3. The number of hydrogen-bond donors (Lipinski definition) is 1. The molecule has 2 rings (SSSR count). The summed E-state index contributed by atoms with van der Waals surface area (Å²) in [5.41, 5.74) is 0. The molecule has 18 heavy (non-hydrogen) atoms. The first-order valence-electron chi connectivity index (χ1n) is 6.45. The van der Waals surface area contributed by atoms with Crippen molar-refractivity contribution in [3.63, 3.8) is 0 Å². The van der Waals surface area contributed by atoms with Crippen LogP contribution in [0, 0.1) is 5.82 Å². The van der Waals surface area contributed by atoms with Gasteiger partial charge in [-0.3, -0.25) is 0 Å². The molecule has 100 valence electrons. The van der Waals surface area contributed by atoms with E-state index < -0.39 is 0 Å². The summed E-state index contributed by atoms with van der Waals surface area (Å²) in [7, 11) is 0. The molecule has 1 atom stereocenters. The van der Waals surface area contributed by atoms with Gasteiger partial charge in [0.1, 0.15) is 0 Å². The van der Waals surface area contributed by atoms with Crippen molar-refractivity contribution < 1.29 is 4.39 Å². The normalized spacial score (nSPS) is 18.6. The highest BCUT2D eigenvalue weighted by Gasteiger charge is 2.14. The Balaban J connectivity index is 1.87. The van der Waals surface area contributed by atoms with E-state index in [-0.39, 0.29) is 11.9 Å². The van der Waals surface area contributed by atoms with E-state index in [4.69, 9.17) is 0 Å². The molecule has 1 aromatic rings. The molecule has 0 aromatic carbocycles. The van der Waals surface area contributed by atoms with E-state index >= 15 is 0 Å². The minimum atomic E-state index is -0.310. The predicted octanol–water partition coefficient (Wildman–Crippen LogP) is 3.27. The minimum absolute atomic E-state index is 0.200. The first-order valence-corrected chi connectivity index (χ1v) is 7.24. The van der Waals surface area contributed by atoms with E-state index in [9.17, 15) is 4.39 Å². The Kier molecular flexibility index (Phi) is 4.95. The van der Waals surface area contributed by atoms with Crippen LogP contribution in [-0.4, -0.2) is 35.6 Å². The molecule has 2 heterocycles. The summed E-state index contributed by atoms with van der Waals surface area (Å²) in [6.07, 6.45) is 5.50. The molecule has 1 aromatic heterocycles. The fraction of sp³-hybridized carbons (Fsp3) is 0.615. The van der Waals surface area contributed by atoms with Gasteiger partial charge in [0.25, 0.3) is 0 Å². The maximum absolute atomic E-state index is 13.6. The summed E-state index contributed by atoms with van der Waals surface area (Å²) in [5.74, 6) is 0.0255. The molecule has 0 spiro atoms. The summed E-state index contributed by atoms with van der Waals surface area (Å²) < 4.78 is 14.3. The van der Waals surface area contributed by atoms with E-state index in [1.54, 1.807) is 6.20 Å². The number of nitrogens with zero attached hydrogens (tertiary/aromatic N) is 2. The van der Waals surface area contributed by atoms with E-state index in [2.05, 4.69) is 38.1 Å². The Bertz CT molecular complexity index is 394. The molecule has 0 saturated carbocycles. The molecular weight excluding hydrogens is 297 g/mol. The van der Waals surface area contributed by atoms with Crippen LogP contribution in [0.3, 0.4) is 0 Å². The first-order chi connectivity index (χ1) is 8.65. The maximum Gasteiger partial charge on any atom is 0.166 e. The topological polar surface area (TPSA) is 28.2 Å². The molecule has 1 unspecified atom stereocenters. The predicted molar refractivity (Wildman–Crippen MR) is 75.3 cm³/mol. The van der Waals surface area contributed by atoms with Crippen LogP contribution in [0.5, 0.6) is 0 Å². The van der Waals surface area contributed by atoms with Gasteiger partial charge in [-0.15, -0.1) is 0 Å². The number of likely N-dealkylation sites (tertiary alicyclic amines) is 1. The Morgan fingerprint density at radius 2 is 2.17 bits per heavy atom. The van der Waals surface area contributed by atoms with Crippen molar-refractivity contribution in [1.29, 1.82) is 0 Å². The van der Waals surface area contributed by atoms with Gasteiger partial charge in [0.05, 0.1) is 0 Å². The van der Waals surface area contributed by atoms with Crippen molar-refractivity contribution in [3.8, 4) is 0 Å². The van der Waals surface area contributed by atoms with Gasteiger partial charge in [0.2, 0.25) is 0 Å². The van der Waals surface area contributed by atoms with Crippen LogP contribution in [0.1, 0.15) is 26.2 Å². The van der Waals surface area contributed by atoms with Crippen molar-refractivity contribution in [2.45, 2.75) is 32.2 Å². The monoisotopic (exact) mass is 315 g/mol. The molecule has 0 aliphatic carbocycles. The fourth-order valence-corrected chi connectivity index (χ4v) is 2.63. The Morgan fingerprint density at radius 3 is 2.83 bits per heavy atom. The number of aromatic nitrogens is 1. The molecule has 1 saturated heterocycles. The first kappa shape index (κ1) is 13.7. The van der Waals surface area contributed by atoms with Gasteiger partial charge in [0.15, 0.2) is 11.6 Å². The van der Waals surface area contributed by atoms with Crippen LogP contribution in [0.4, 0.5) is 10.2 Å². The van der Waals surface area contributed by atoms with Gasteiger partial charge in [-0.2, -0.15) is 0 Å². The number of piperidine rings is 1. The van der Waals surface area contributed by atoms with Gasteiger partial charge < -0.3 is 10.2 Å². The number of rotatable bonds is 4. The van der Waals surface area contributed by atoms with E-state index in [0.717, 1.165) is 19.6 Å². The van der Waals surface area contributed by atoms with Crippen LogP contribution in [0.15, 0.2) is 16.7 Å². The number of anilines is 1. The molecule has 5 heteroatoms. The Labute approximate surface area is 116 Å². The smallest absolute Gasteiger partial charge is 0.166 e. The van der Waals surface area contributed by atoms with E-state index in [0.29, 0.717) is 10.3 Å². The zero-order chi connectivity index (χ0) is 13.0. The van der Waals surface area contributed by atoms with Gasteiger partial charge in [-0.05, 0) is 54.9 Å². The van der Waals surface area contributed by atoms with Gasteiger partial charge in [0, 0.05) is 23.3 Å². The van der Waals surface area contributed by atoms with Crippen LogP contribution < -0.4 is 5.32 Å². The lowest BCUT2D eigenvalue weighted by Gasteiger charge is -2.29. The van der Waals surface area contributed by atoms with Crippen molar-refractivity contribution in [2.24, 2.45) is 0 Å². The summed E-state index contributed by atoms with van der Waals surface area (Å²) in [6.45, 7) is 5.32. The second kappa shape index (κ2) is 6.48. The third-order valence-electron chi connectivity index (χ3n) is 3.17. The van der Waals surface area contributed by atoms with Crippen LogP contribution in [0.25, 0.3) is 0 Å². The van der Waals surface area contributed by atoms with E-state index in [1.807, 2.05) is 0 Å². The Hall–Kier alpha value is -0.680. The third kappa shape index (κ3) is 3.92. The highest BCUT2D eigenvalue weighted by atomic mass is 79.9. The highest BCUT2D eigenvalue weighted by molar-refractivity contribution is 9.10. The summed E-state index contributed by atoms with van der Waals surface area (Å²) in [6, 6.07) is 1.63. The molecule has 1 N–H and O–H groups in total. The molecule has 0 amide bonds. The SMILES string of the molecule is CC(CN1CCCCC1)Nc1ncc(Br)cc1F.